The minimum absolute atomic E-state index is 0.137. The number of carbonyl (C=O) groups excluding carboxylic acids is 1. The van der Waals surface area contributed by atoms with Crippen molar-refractivity contribution >= 4 is 28.5 Å². The number of nitrogens with one attached hydrogen (secondary N) is 1. The number of amides is 1. The summed E-state index contributed by atoms with van der Waals surface area (Å²) in [4.78, 5) is 18.1. The fourth-order valence-corrected chi connectivity index (χ4v) is 1.71. The number of hydrogen-bond donors (Lipinski definition) is 1. The lowest BCUT2D eigenvalue weighted by molar-refractivity contribution is -0.127. The number of fused-ring (bicyclic) bond motifs is 1. The molecule has 0 aliphatic heterocycles. The standard InChI is InChI=1S/C12H15ClN4O2/c1-12(2,3)14-11(18)7-19-17-10-6-8(13)4-5-9(10)15-16-17/h4-6H,7H2,1-3H3,(H,14,18). The van der Waals surface area contributed by atoms with Crippen LogP contribution in [0.15, 0.2) is 18.2 Å². The second-order valence-electron chi connectivity index (χ2n) is 5.17. The van der Waals surface area contributed by atoms with Gasteiger partial charge in [0, 0.05) is 10.6 Å². The highest BCUT2D eigenvalue weighted by atomic mass is 35.5. The number of hydrogen-bond acceptors (Lipinski definition) is 4. The van der Waals surface area contributed by atoms with E-state index in [1.54, 1.807) is 18.2 Å². The van der Waals surface area contributed by atoms with Crippen LogP contribution in [0.5, 0.6) is 0 Å². The second-order valence-corrected chi connectivity index (χ2v) is 5.60. The Balaban J connectivity index is 2.06. The molecular weight excluding hydrogens is 268 g/mol. The molecule has 0 aliphatic carbocycles. The molecule has 1 amide bonds. The highest BCUT2D eigenvalue weighted by Gasteiger charge is 2.15. The maximum atomic E-state index is 11.6. The summed E-state index contributed by atoms with van der Waals surface area (Å²) in [5.41, 5.74) is 0.977. The molecule has 0 bridgehead atoms. The SMILES string of the molecule is CC(C)(C)NC(=O)COn1nnc2ccc(Cl)cc21. The van der Waals surface area contributed by atoms with Crippen molar-refractivity contribution in [1.82, 2.24) is 20.5 Å². The van der Waals surface area contributed by atoms with Crippen LogP contribution in [0.2, 0.25) is 5.02 Å². The van der Waals surface area contributed by atoms with Gasteiger partial charge in [0.05, 0.1) is 0 Å². The summed E-state index contributed by atoms with van der Waals surface area (Å²) < 4.78 is 0. The van der Waals surface area contributed by atoms with E-state index in [9.17, 15) is 4.79 Å². The van der Waals surface area contributed by atoms with Gasteiger partial charge in [0.25, 0.3) is 5.91 Å². The Bertz CT molecular complexity index is 603. The van der Waals surface area contributed by atoms with Gasteiger partial charge in [0.1, 0.15) is 11.0 Å². The number of aromatic nitrogens is 3. The van der Waals surface area contributed by atoms with Crippen LogP contribution in [0.1, 0.15) is 20.8 Å². The molecule has 1 heterocycles. The third kappa shape index (κ3) is 3.57. The molecule has 0 fully saturated rings. The Morgan fingerprint density at radius 1 is 1.47 bits per heavy atom. The highest BCUT2D eigenvalue weighted by molar-refractivity contribution is 6.31. The third-order valence-electron chi connectivity index (χ3n) is 2.21. The predicted octanol–water partition coefficient (Wildman–Crippen LogP) is 1.43. The van der Waals surface area contributed by atoms with Crippen LogP contribution in [0, 0.1) is 0 Å². The van der Waals surface area contributed by atoms with E-state index in [4.69, 9.17) is 16.4 Å². The van der Waals surface area contributed by atoms with E-state index in [1.807, 2.05) is 20.8 Å². The van der Waals surface area contributed by atoms with E-state index >= 15 is 0 Å². The molecule has 1 N–H and O–H groups in total. The van der Waals surface area contributed by atoms with Crippen LogP contribution in [0.4, 0.5) is 0 Å². The van der Waals surface area contributed by atoms with Crippen molar-refractivity contribution in [1.29, 1.82) is 0 Å². The van der Waals surface area contributed by atoms with Crippen molar-refractivity contribution in [2.24, 2.45) is 0 Å². The van der Waals surface area contributed by atoms with Crippen LogP contribution in [-0.4, -0.2) is 33.2 Å². The van der Waals surface area contributed by atoms with Gasteiger partial charge in [-0.3, -0.25) is 4.79 Å². The largest absolute Gasteiger partial charge is 0.385 e. The third-order valence-corrected chi connectivity index (χ3v) is 2.44. The Kier molecular flexibility index (Phi) is 3.61. The summed E-state index contributed by atoms with van der Waals surface area (Å²) in [6.45, 7) is 5.56. The number of carbonyl (C=O) groups is 1. The molecule has 7 heteroatoms. The van der Waals surface area contributed by atoms with Gasteiger partial charge in [0.15, 0.2) is 6.61 Å². The van der Waals surface area contributed by atoms with Crippen molar-refractivity contribution in [2.75, 3.05) is 6.61 Å². The van der Waals surface area contributed by atoms with Crippen LogP contribution in [-0.2, 0) is 4.79 Å². The van der Waals surface area contributed by atoms with E-state index < -0.39 is 0 Å². The molecule has 0 aliphatic rings. The smallest absolute Gasteiger partial charge is 0.261 e. The molecule has 1 aromatic heterocycles. The number of rotatable bonds is 3. The maximum Gasteiger partial charge on any atom is 0.261 e. The minimum Gasteiger partial charge on any atom is -0.385 e. The van der Waals surface area contributed by atoms with Crippen LogP contribution >= 0.6 is 11.6 Å². The quantitative estimate of drug-likeness (QED) is 0.925. The van der Waals surface area contributed by atoms with Gasteiger partial charge >= 0.3 is 0 Å². The maximum absolute atomic E-state index is 11.6. The van der Waals surface area contributed by atoms with Gasteiger partial charge in [-0.25, -0.2) is 0 Å². The molecule has 0 saturated heterocycles. The van der Waals surface area contributed by atoms with Gasteiger partial charge < -0.3 is 10.2 Å². The minimum atomic E-state index is -0.297. The number of nitrogens with zero attached hydrogens (tertiary/aromatic N) is 3. The monoisotopic (exact) mass is 282 g/mol. The summed E-state index contributed by atoms with van der Waals surface area (Å²) >= 11 is 5.89. The zero-order chi connectivity index (χ0) is 14.0. The Labute approximate surface area is 115 Å². The molecule has 0 radical (unpaired) electrons. The summed E-state index contributed by atoms with van der Waals surface area (Å²) in [5, 5.41) is 11.1. The fourth-order valence-electron chi connectivity index (χ4n) is 1.54. The summed E-state index contributed by atoms with van der Waals surface area (Å²) in [7, 11) is 0. The number of benzene rings is 1. The molecule has 6 nitrogen and oxygen atoms in total. The van der Waals surface area contributed by atoms with Crippen molar-refractivity contribution < 1.29 is 9.63 Å². The van der Waals surface area contributed by atoms with Crippen molar-refractivity contribution in [2.45, 2.75) is 26.3 Å². The molecule has 1 aromatic carbocycles. The summed E-state index contributed by atoms with van der Waals surface area (Å²) in [6.07, 6.45) is 0. The zero-order valence-electron chi connectivity index (χ0n) is 11.0. The van der Waals surface area contributed by atoms with E-state index in [1.165, 1.54) is 4.85 Å². The average molecular weight is 283 g/mol. The molecular formula is C12H15ClN4O2. The Hall–Kier alpha value is -1.82. The zero-order valence-corrected chi connectivity index (χ0v) is 11.7. The first-order valence-electron chi connectivity index (χ1n) is 5.80. The molecule has 102 valence electrons. The normalized spacial score (nSPS) is 11.6. The van der Waals surface area contributed by atoms with Crippen LogP contribution in [0.3, 0.4) is 0 Å². The highest BCUT2D eigenvalue weighted by Crippen LogP contribution is 2.16. The van der Waals surface area contributed by atoms with Crippen molar-refractivity contribution in [3.8, 4) is 0 Å². The van der Waals surface area contributed by atoms with Gasteiger partial charge in [-0.1, -0.05) is 16.4 Å². The first-order valence-corrected chi connectivity index (χ1v) is 6.18. The van der Waals surface area contributed by atoms with Crippen molar-refractivity contribution in [3.63, 3.8) is 0 Å². The fraction of sp³-hybridized carbons (Fsp3) is 0.417. The Morgan fingerprint density at radius 3 is 2.89 bits per heavy atom. The molecule has 19 heavy (non-hydrogen) atoms. The van der Waals surface area contributed by atoms with Gasteiger partial charge in [0.2, 0.25) is 0 Å². The van der Waals surface area contributed by atoms with E-state index in [0.29, 0.717) is 16.1 Å². The number of halogens is 1. The Morgan fingerprint density at radius 2 is 2.21 bits per heavy atom. The van der Waals surface area contributed by atoms with Crippen molar-refractivity contribution in [3.05, 3.63) is 23.2 Å². The first kappa shape index (κ1) is 13.6. The first-order chi connectivity index (χ1) is 8.85. The molecule has 2 aromatic rings. The lowest BCUT2D eigenvalue weighted by atomic mass is 10.1. The van der Waals surface area contributed by atoms with Gasteiger partial charge in [-0.2, -0.15) is 0 Å². The predicted molar refractivity (Wildman–Crippen MR) is 71.9 cm³/mol. The van der Waals surface area contributed by atoms with E-state index in [-0.39, 0.29) is 18.1 Å². The molecule has 0 atom stereocenters. The molecule has 0 spiro atoms. The lowest BCUT2D eigenvalue weighted by Gasteiger charge is -2.20. The van der Waals surface area contributed by atoms with Crippen LogP contribution < -0.4 is 10.2 Å². The topological polar surface area (TPSA) is 69.0 Å². The lowest BCUT2D eigenvalue weighted by Crippen LogP contribution is -2.44. The molecule has 0 saturated carbocycles. The van der Waals surface area contributed by atoms with E-state index in [0.717, 1.165) is 0 Å². The van der Waals surface area contributed by atoms with Gasteiger partial charge in [-0.05, 0) is 44.2 Å². The summed E-state index contributed by atoms with van der Waals surface area (Å²) in [5.74, 6) is -0.224. The second kappa shape index (κ2) is 5.05. The van der Waals surface area contributed by atoms with Crippen LogP contribution in [0.25, 0.3) is 11.0 Å². The molecule has 0 unspecified atom stereocenters. The average Bonchev–Trinajstić information content (AvgIpc) is 2.66. The molecule has 2 rings (SSSR count). The van der Waals surface area contributed by atoms with Gasteiger partial charge in [-0.15, -0.1) is 5.10 Å². The van der Waals surface area contributed by atoms with E-state index in [2.05, 4.69) is 15.6 Å². The summed E-state index contributed by atoms with van der Waals surface area (Å²) in [6, 6.07) is 5.13.